The number of methoxy groups -OCH3 is 1. The molecule has 1 aliphatic rings. The number of phenols is 1. The standard InChI is InChI=1S/C23H31FN4O2.HI/c1-3-25-23(26-15-17-4-7-20(29)8-5-17)27-19-10-12-28(13-11-19)16-18-6-9-22(30-2)21(24)14-18;/h4-9,14,19,29H,3,10-13,15-16H2,1-2H3,(H2,25,26,27);1H. The van der Waals surface area contributed by atoms with Gasteiger partial charge in [0.05, 0.1) is 13.7 Å². The van der Waals surface area contributed by atoms with Gasteiger partial charge in [0.25, 0.3) is 0 Å². The van der Waals surface area contributed by atoms with Crippen LogP contribution in [0, 0.1) is 5.82 Å². The molecule has 2 aromatic rings. The van der Waals surface area contributed by atoms with Gasteiger partial charge in [-0.3, -0.25) is 4.90 Å². The highest BCUT2D eigenvalue weighted by atomic mass is 127. The minimum absolute atomic E-state index is 0. The third kappa shape index (κ3) is 7.84. The Morgan fingerprint density at radius 2 is 1.84 bits per heavy atom. The van der Waals surface area contributed by atoms with Crippen LogP contribution in [0.1, 0.15) is 30.9 Å². The van der Waals surface area contributed by atoms with Crippen LogP contribution in [0.3, 0.4) is 0 Å². The minimum atomic E-state index is -0.313. The first-order chi connectivity index (χ1) is 14.6. The van der Waals surface area contributed by atoms with Gasteiger partial charge in [-0.1, -0.05) is 18.2 Å². The van der Waals surface area contributed by atoms with E-state index < -0.39 is 0 Å². The fraction of sp³-hybridized carbons (Fsp3) is 0.435. The van der Waals surface area contributed by atoms with Gasteiger partial charge < -0.3 is 20.5 Å². The quantitative estimate of drug-likeness (QED) is 0.282. The predicted molar refractivity (Wildman–Crippen MR) is 133 cm³/mol. The van der Waals surface area contributed by atoms with Crippen LogP contribution in [0.25, 0.3) is 0 Å². The Morgan fingerprint density at radius 3 is 2.45 bits per heavy atom. The third-order valence-electron chi connectivity index (χ3n) is 5.25. The maximum absolute atomic E-state index is 13.9. The van der Waals surface area contributed by atoms with Crippen LogP contribution in [0.4, 0.5) is 4.39 Å². The molecule has 0 aliphatic carbocycles. The van der Waals surface area contributed by atoms with Gasteiger partial charge in [0, 0.05) is 32.2 Å². The van der Waals surface area contributed by atoms with Gasteiger partial charge in [0.1, 0.15) is 5.75 Å². The van der Waals surface area contributed by atoms with E-state index in [4.69, 9.17) is 4.74 Å². The van der Waals surface area contributed by atoms with Gasteiger partial charge in [0.2, 0.25) is 0 Å². The normalized spacial score (nSPS) is 15.3. The van der Waals surface area contributed by atoms with Gasteiger partial charge in [-0.15, -0.1) is 24.0 Å². The molecular weight excluding hydrogens is 510 g/mol. The second-order valence-corrected chi connectivity index (χ2v) is 7.53. The van der Waals surface area contributed by atoms with Gasteiger partial charge in [-0.25, -0.2) is 9.38 Å². The summed E-state index contributed by atoms with van der Waals surface area (Å²) in [6, 6.07) is 12.6. The monoisotopic (exact) mass is 542 g/mol. The Bertz CT molecular complexity index is 840. The van der Waals surface area contributed by atoms with Crippen molar-refractivity contribution in [2.45, 2.75) is 38.9 Å². The Labute approximate surface area is 200 Å². The van der Waals surface area contributed by atoms with Crippen molar-refractivity contribution in [3.8, 4) is 11.5 Å². The van der Waals surface area contributed by atoms with E-state index in [1.807, 2.05) is 25.1 Å². The van der Waals surface area contributed by atoms with Crippen molar-refractivity contribution < 1.29 is 14.2 Å². The number of nitrogens with one attached hydrogen (secondary N) is 2. The molecule has 3 rings (SSSR count). The number of halogens is 2. The van der Waals surface area contributed by atoms with Crippen molar-refractivity contribution in [3.63, 3.8) is 0 Å². The SMILES string of the molecule is CCNC(=NCc1ccc(O)cc1)NC1CCN(Cc2ccc(OC)c(F)c2)CC1.I. The highest BCUT2D eigenvalue weighted by Crippen LogP contribution is 2.20. The van der Waals surface area contributed by atoms with E-state index in [0.717, 1.165) is 56.1 Å². The lowest BCUT2D eigenvalue weighted by Crippen LogP contribution is -2.48. The number of ether oxygens (including phenoxy) is 1. The highest BCUT2D eigenvalue weighted by molar-refractivity contribution is 14.0. The first kappa shape index (κ1) is 25.2. The lowest BCUT2D eigenvalue weighted by molar-refractivity contribution is 0.198. The number of hydrogen-bond donors (Lipinski definition) is 3. The minimum Gasteiger partial charge on any atom is -0.508 e. The average molecular weight is 542 g/mol. The number of piperidine rings is 1. The van der Waals surface area contributed by atoms with Crippen LogP contribution in [-0.2, 0) is 13.1 Å². The first-order valence-corrected chi connectivity index (χ1v) is 10.4. The zero-order valence-electron chi connectivity index (χ0n) is 18.1. The van der Waals surface area contributed by atoms with Crippen LogP contribution < -0.4 is 15.4 Å². The van der Waals surface area contributed by atoms with Crippen molar-refractivity contribution in [1.29, 1.82) is 0 Å². The number of benzene rings is 2. The molecule has 0 saturated carbocycles. The van der Waals surface area contributed by atoms with Crippen molar-refractivity contribution in [2.75, 3.05) is 26.7 Å². The van der Waals surface area contributed by atoms with Gasteiger partial charge in [-0.05, 0) is 55.2 Å². The van der Waals surface area contributed by atoms with E-state index in [9.17, 15) is 9.50 Å². The second-order valence-electron chi connectivity index (χ2n) is 7.53. The summed E-state index contributed by atoms with van der Waals surface area (Å²) in [4.78, 5) is 7.01. The molecule has 0 bridgehead atoms. The molecule has 1 fully saturated rings. The highest BCUT2D eigenvalue weighted by Gasteiger charge is 2.20. The molecule has 0 unspecified atom stereocenters. The first-order valence-electron chi connectivity index (χ1n) is 10.4. The van der Waals surface area contributed by atoms with Gasteiger partial charge >= 0.3 is 0 Å². The number of nitrogens with zero attached hydrogens (tertiary/aromatic N) is 2. The molecule has 2 aromatic carbocycles. The summed E-state index contributed by atoms with van der Waals surface area (Å²) in [5.41, 5.74) is 2.01. The van der Waals surface area contributed by atoms with E-state index in [0.29, 0.717) is 12.6 Å². The summed E-state index contributed by atoms with van der Waals surface area (Å²) < 4.78 is 18.9. The van der Waals surface area contributed by atoms with Gasteiger partial charge in [0.15, 0.2) is 17.5 Å². The van der Waals surface area contributed by atoms with E-state index in [1.165, 1.54) is 7.11 Å². The number of hydrogen-bond acceptors (Lipinski definition) is 4. The largest absolute Gasteiger partial charge is 0.508 e. The molecule has 0 spiro atoms. The van der Waals surface area contributed by atoms with Crippen LogP contribution in [0.5, 0.6) is 11.5 Å². The number of aliphatic imine (C=N–C) groups is 1. The summed E-state index contributed by atoms with van der Waals surface area (Å²) in [5, 5.41) is 16.2. The van der Waals surface area contributed by atoms with Crippen LogP contribution >= 0.6 is 24.0 Å². The predicted octanol–water partition coefficient (Wildman–Crippen LogP) is 3.88. The molecule has 0 amide bonds. The van der Waals surface area contributed by atoms with Crippen molar-refractivity contribution in [2.24, 2.45) is 4.99 Å². The molecule has 6 nitrogen and oxygen atoms in total. The number of likely N-dealkylation sites (tertiary alicyclic amines) is 1. The molecule has 1 saturated heterocycles. The fourth-order valence-electron chi connectivity index (χ4n) is 3.59. The van der Waals surface area contributed by atoms with Crippen LogP contribution in [0.2, 0.25) is 0 Å². The second kappa shape index (κ2) is 12.7. The smallest absolute Gasteiger partial charge is 0.191 e. The molecule has 0 radical (unpaired) electrons. The molecule has 31 heavy (non-hydrogen) atoms. The molecule has 1 heterocycles. The average Bonchev–Trinajstić information content (AvgIpc) is 2.75. The Balaban J connectivity index is 0.00000341. The van der Waals surface area contributed by atoms with Crippen LogP contribution in [0.15, 0.2) is 47.5 Å². The van der Waals surface area contributed by atoms with Crippen molar-refractivity contribution in [3.05, 3.63) is 59.4 Å². The number of rotatable bonds is 7. The maximum Gasteiger partial charge on any atom is 0.191 e. The lowest BCUT2D eigenvalue weighted by Gasteiger charge is -2.33. The topological polar surface area (TPSA) is 69.1 Å². The number of phenolic OH excluding ortho intramolecular Hbond substituents is 1. The van der Waals surface area contributed by atoms with E-state index >= 15 is 0 Å². The summed E-state index contributed by atoms with van der Waals surface area (Å²) in [6.07, 6.45) is 2.00. The number of guanidine groups is 1. The molecule has 0 atom stereocenters. The molecular formula is C23H32FIN4O2. The Morgan fingerprint density at radius 1 is 1.16 bits per heavy atom. The molecule has 8 heteroatoms. The molecule has 0 aromatic heterocycles. The van der Waals surface area contributed by atoms with Crippen molar-refractivity contribution >= 4 is 29.9 Å². The summed E-state index contributed by atoms with van der Waals surface area (Å²) in [7, 11) is 1.48. The zero-order valence-corrected chi connectivity index (χ0v) is 20.4. The van der Waals surface area contributed by atoms with E-state index in [-0.39, 0.29) is 41.3 Å². The summed E-state index contributed by atoms with van der Waals surface area (Å²) >= 11 is 0. The van der Waals surface area contributed by atoms with E-state index in [1.54, 1.807) is 24.3 Å². The number of aromatic hydroxyl groups is 1. The molecule has 3 N–H and O–H groups in total. The fourth-order valence-corrected chi connectivity index (χ4v) is 3.59. The third-order valence-corrected chi connectivity index (χ3v) is 5.25. The Hall–Kier alpha value is -2.07. The van der Waals surface area contributed by atoms with Crippen molar-refractivity contribution in [1.82, 2.24) is 15.5 Å². The van der Waals surface area contributed by atoms with Gasteiger partial charge in [-0.2, -0.15) is 0 Å². The lowest BCUT2D eigenvalue weighted by atomic mass is 10.0. The molecule has 1 aliphatic heterocycles. The zero-order chi connectivity index (χ0) is 21.3. The summed E-state index contributed by atoms with van der Waals surface area (Å²) in [6.45, 7) is 6.03. The maximum atomic E-state index is 13.9. The Kier molecular flexibility index (Phi) is 10.3. The van der Waals surface area contributed by atoms with E-state index in [2.05, 4.69) is 20.5 Å². The summed E-state index contributed by atoms with van der Waals surface area (Å²) in [5.74, 6) is 1.04. The molecule has 170 valence electrons. The van der Waals surface area contributed by atoms with Crippen LogP contribution in [-0.4, -0.2) is 48.8 Å².